The Bertz CT molecular complexity index is 994. The normalized spacial score (nSPS) is 24.2. The number of likely N-dealkylation sites (N-methyl/N-ethyl adjacent to an activating group) is 1. The van der Waals surface area contributed by atoms with E-state index in [4.69, 9.17) is 4.99 Å². The third-order valence-corrected chi connectivity index (χ3v) is 6.94. The summed E-state index contributed by atoms with van der Waals surface area (Å²) in [6.07, 6.45) is 3.66. The first-order chi connectivity index (χ1) is 15.0. The van der Waals surface area contributed by atoms with Crippen LogP contribution in [0.15, 0.2) is 23.2 Å². The molecular weight excluding hydrogens is 392 g/mol. The summed E-state index contributed by atoms with van der Waals surface area (Å²) in [6.45, 7) is 8.97. The third-order valence-electron chi connectivity index (χ3n) is 6.94. The van der Waals surface area contributed by atoms with Crippen molar-refractivity contribution in [1.29, 1.82) is 0 Å². The number of imide groups is 1. The van der Waals surface area contributed by atoms with E-state index in [9.17, 15) is 9.59 Å². The molecule has 1 atom stereocenters. The maximum Gasteiger partial charge on any atom is 0.397 e. The Morgan fingerprint density at radius 1 is 1.06 bits per heavy atom. The van der Waals surface area contributed by atoms with Crippen molar-refractivity contribution in [3.8, 4) is 0 Å². The number of hydrogen-bond acceptors (Lipinski definition) is 5. The zero-order chi connectivity index (χ0) is 21.7. The number of nitrogens with zero attached hydrogens (tertiary/aromatic N) is 6. The molecule has 0 bridgehead atoms. The summed E-state index contributed by atoms with van der Waals surface area (Å²) in [4.78, 5) is 38.8. The molecule has 1 unspecified atom stereocenters. The third kappa shape index (κ3) is 3.33. The Balaban J connectivity index is 1.41. The minimum absolute atomic E-state index is 0.142. The highest BCUT2D eigenvalue weighted by Crippen LogP contribution is 2.29. The number of hydrogen-bond donors (Lipinski definition) is 0. The molecular formula is C23H31N6O2+. The number of anilines is 1. The maximum atomic E-state index is 13.4. The molecule has 31 heavy (non-hydrogen) atoms. The van der Waals surface area contributed by atoms with Crippen LogP contribution in [0, 0.1) is 13.8 Å². The van der Waals surface area contributed by atoms with Gasteiger partial charge in [0.05, 0.1) is 6.54 Å². The number of likely N-dealkylation sites (tertiary alicyclic amines) is 1. The van der Waals surface area contributed by atoms with Gasteiger partial charge in [-0.15, -0.1) is 0 Å². The van der Waals surface area contributed by atoms with Crippen molar-refractivity contribution < 1.29 is 14.2 Å². The SMILES string of the molecule is Cc1ccc(C)c(N2CC[N+]3=C2N=C2C3C(=O)N(CCN3CCCCC3)C(=O)N2C)c1. The van der Waals surface area contributed by atoms with Crippen LogP contribution in [0.25, 0.3) is 0 Å². The lowest BCUT2D eigenvalue weighted by Crippen LogP contribution is -2.63. The fourth-order valence-electron chi connectivity index (χ4n) is 5.13. The van der Waals surface area contributed by atoms with Crippen LogP contribution in [0.2, 0.25) is 0 Å². The number of amides is 3. The van der Waals surface area contributed by atoms with E-state index in [0.29, 0.717) is 18.9 Å². The molecule has 3 amide bonds. The van der Waals surface area contributed by atoms with E-state index in [1.54, 1.807) is 11.9 Å². The average Bonchev–Trinajstić information content (AvgIpc) is 3.34. The van der Waals surface area contributed by atoms with Gasteiger partial charge in [0.25, 0.3) is 5.91 Å². The number of carbonyl (C=O) groups is 2. The molecule has 0 aliphatic carbocycles. The summed E-state index contributed by atoms with van der Waals surface area (Å²) in [7, 11) is 1.74. The number of urea groups is 1. The van der Waals surface area contributed by atoms with Crippen molar-refractivity contribution in [2.45, 2.75) is 39.2 Å². The quantitative estimate of drug-likeness (QED) is 0.691. The Labute approximate surface area is 183 Å². The molecule has 4 aliphatic rings. The molecule has 164 valence electrons. The number of benzene rings is 1. The van der Waals surface area contributed by atoms with Crippen LogP contribution in [0.3, 0.4) is 0 Å². The largest absolute Gasteiger partial charge is 0.397 e. The minimum atomic E-state index is -0.505. The van der Waals surface area contributed by atoms with Crippen molar-refractivity contribution in [3.05, 3.63) is 29.3 Å². The number of guanidine groups is 1. The molecule has 8 heteroatoms. The molecule has 2 saturated heterocycles. The Hall–Kier alpha value is -2.74. The number of amidine groups is 1. The van der Waals surface area contributed by atoms with Crippen LogP contribution in [0.4, 0.5) is 10.5 Å². The molecule has 0 spiro atoms. The fraction of sp³-hybridized carbons (Fsp3) is 0.565. The van der Waals surface area contributed by atoms with Gasteiger partial charge in [0.1, 0.15) is 12.2 Å². The zero-order valence-electron chi connectivity index (χ0n) is 18.7. The average molecular weight is 424 g/mol. The molecule has 0 radical (unpaired) electrons. The molecule has 8 nitrogen and oxygen atoms in total. The highest BCUT2D eigenvalue weighted by molar-refractivity contribution is 6.24. The summed E-state index contributed by atoms with van der Waals surface area (Å²) in [5.41, 5.74) is 3.48. The molecule has 0 saturated carbocycles. The topological polar surface area (TPSA) is 62.5 Å². The van der Waals surface area contributed by atoms with Crippen LogP contribution in [-0.4, -0.2) is 95.4 Å². The van der Waals surface area contributed by atoms with E-state index in [0.717, 1.165) is 37.8 Å². The van der Waals surface area contributed by atoms with Crippen molar-refractivity contribution >= 4 is 29.4 Å². The molecule has 2 fully saturated rings. The second kappa shape index (κ2) is 7.75. The van der Waals surface area contributed by atoms with Crippen molar-refractivity contribution in [2.75, 3.05) is 51.2 Å². The fourth-order valence-corrected chi connectivity index (χ4v) is 5.13. The number of carbonyl (C=O) groups excluding carboxylic acids is 2. The molecule has 1 aromatic carbocycles. The van der Waals surface area contributed by atoms with E-state index < -0.39 is 6.04 Å². The molecule has 4 heterocycles. The number of aliphatic imine (C=N–C) groups is 1. The van der Waals surface area contributed by atoms with Crippen LogP contribution in [0.5, 0.6) is 0 Å². The summed E-state index contributed by atoms with van der Waals surface area (Å²) < 4.78 is 2.07. The summed E-state index contributed by atoms with van der Waals surface area (Å²) in [5, 5.41) is 0. The van der Waals surface area contributed by atoms with Gasteiger partial charge in [0, 0.05) is 20.1 Å². The van der Waals surface area contributed by atoms with E-state index in [1.807, 2.05) is 0 Å². The lowest BCUT2D eigenvalue weighted by molar-refractivity contribution is -0.525. The van der Waals surface area contributed by atoms with Crippen molar-refractivity contribution in [3.63, 3.8) is 0 Å². The van der Waals surface area contributed by atoms with Gasteiger partial charge in [-0.1, -0.05) is 23.5 Å². The molecule has 5 rings (SSSR count). The van der Waals surface area contributed by atoms with Crippen molar-refractivity contribution in [1.82, 2.24) is 14.7 Å². The minimum Gasteiger partial charge on any atom is -0.302 e. The number of aryl methyl sites for hydroxylation is 2. The maximum absolute atomic E-state index is 13.4. The summed E-state index contributed by atoms with van der Waals surface area (Å²) in [6, 6.07) is 5.61. The Morgan fingerprint density at radius 3 is 2.61 bits per heavy atom. The molecule has 0 aromatic heterocycles. The standard InChI is InChI=1S/C23H31N6O2/c1-16-7-8-17(2)18(15-16)27-13-14-28-19-20(24-22(27)28)25(3)23(31)29(21(19)30)12-11-26-9-5-4-6-10-26/h7-8,15,19H,4-6,9-14H2,1-3H3/q+1. The van der Waals surface area contributed by atoms with Gasteiger partial charge in [-0.05, 0) is 57.0 Å². The monoisotopic (exact) mass is 423 g/mol. The first-order valence-corrected chi connectivity index (χ1v) is 11.3. The van der Waals surface area contributed by atoms with E-state index in [-0.39, 0.29) is 11.9 Å². The second-order valence-corrected chi connectivity index (χ2v) is 9.04. The number of rotatable bonds is 4. The summed E-state index contributed by atoms with van der Waals surface area (Å²) in [5.74, 6) is 1.19. The summed E-state index contributed by atoms with van der Waals surface area (Å²) >= 11 is 0. The van der Waals surface area contributed by atoms with Gasteiger partial charge >= 0.3 is 12.0 Å². The predicted octanol–water partition coefficient (Wildman–Crippen LogP) is 1.65. The van der Waals surface area contributed by atoms with Gasteiger partial charge in [-0.2, -0.15) is 0 Å². The molecule has 1 aromatic rings. The van der Waals surface area contributed by atoms with Gasteiger partial charge in [0.15, 0.2) is 0 Å². The van der Waals surface area contributed by atoms with Gasteiger partial charge in [-0.3, -0.25) is 14.6 Å². The van der Waals surface area contributed by atoms with Crippen molar-refractivity contribution in [2.24, 2.45) is 4.99 Å². The second-order valence-electron chi connectivity index (χ2n) is 9.04. The lowest BCUT2D eigenvalue weighted by Gasteiger charge is -2.35. The van der Waals surface area contributed by atoms with Gasteiger partial charge in [-0.25, -0.2) is 14.3 Å². The Morgan fingerprint density at radius 2 is 1.84 bits per heavy atom. The van der Waals surface area contributed by atoms with Crippen LogP contribution in [-0.2, 0) is 4.79 Å². The highest BCUT2D eigenvalue weighted by atomic mass is 16.2. The first-order valence-electron chi connectivity index (χ1n) is 11.3. The number of fused-ring (bicyclic) bond motifs is 2. The predicted molar refractivity (Wildman–Crippen MR) is 120 cm³/mol. The highest BCUT2D eigenvalue weighted by Gasteiger charge is 2.55. The van der Waals surface area contributed by atoms with Gasteiger partial charge in [0.2, 0.25) is 11.9 Å². The smallest absolute Gasteiger partial charge is 0.302 e. The van der Waals surface area contributed by atoms with Crippen LogP contribution >= 0.6 is 0 Å². The van der Waals surface area contributed by atoms with E-state index >= 15 is 0 Å². The van der Waals surface area contributed by atoms with E-state index in [1.165, 1.54) is 35.3 Å². The van der Waals surface area contributed by atoms with Crippen LogP contribution < -0.4 is 4.90 Å². The van der Waals surface area contributed by atoms with Gasteiger partial charge < -0.3 is 4.90 Å². The Kier molecular flexibility index (Phi) is 5.04. The molecule has 4 aliphatic heterocycles. The zero-order valence-corrected chi connectivity index (χ0v) is 18.7. The van der Waals surface area contributed by atoms with Crippen LogP contribution in [0.1, 0.15) is 30.4 Å². The molecule has 0 N–H and O–H groups in total. The number of piperidine rings is 1. The first kappa shape index (κ1) is 20.2. The lowest BCUT2D eigenvalue weighted by atomic mass is 10.1. The van der Waals surface area contributed by atoms with E-state index in [2.05, 4.69) is 46.4 Å².